The van der Waals surface area contributed by atoms with E-state index in [0.717, 1.165) is 31.4 Å². The smallest absolute Gasteiger partial charge is 0.242 e. The molecule has 2 heterocycles. The third-order valence-corrected chi connectivity index (χ3v) is 4.15. The number of carbonyl (C=O) groups excluding carboxylic acids is 1. The van der Waals surface area contributed by atoms with Crippen LogP contribution in [0.4, 0.5) is 4.39 Å². The summed E-state index contributed by atoms with van der Waals surface area (Å²) in [7, 11) is 0. The number of nitrogens with zero attached hydrogens (tertiary/aromatic N) is 3. The van der Waals surface area contributed by atoms with Crippen molar-refractivity contribution in [2.75, 3.05) is 13.1 Å². The highest BCUT2D eigenvalue weighted by molar-refractivity contribution is 5.81. The fourth-order valence-electron chi connectivity index (χ4n) is 3.01. The fourth-order valence-corrected chi connectivity index (χ4v) is 3.01. The lowest BCUT2D eigenvalue weighted by molar-refractivity contribution is -0.132. The highest BCUT2D eigenvalue weighted by atomic mass is 19.1. The van der Waals surface area contributed by atoms with Crippen molar-refractivity contribution in [3.63, 3.8) is 0 Å². The number of amides is 1. The molecule has 1 aromatic heterocycles. The number of piperidine rings is 1. The molecule has 1 unspecified atom stereocenters. The predicted octanol–water partition coefficient (Wildman–Crippen LogP) is 2.21. The molecule has 5 nitrogen and oxygen atoms in total. The molecular formula is C16H21FN4O. The number of fused-ring (bicyclic) bond motifs is 1. The van der Waals surface area contributed by atoms with Crippen LogP contribution in [0.1, 0.15) is 38.1 Å². The lowest BCUT2D eigenvalue weighted by atomic mass is 10.1. The Morgan fingerprint density at radius 3 is 2.77 bits per heavy atom. The number of halogens is 1. The average molecular weight is 304 g/mol. The molecule has 0 radical (unpaired) electrons. The van der Waals surface area contributed by atoms with Crippen LogP contribution in [0.25, 0.3) is 11.0 Å². The largest absolute Gasteiger partial charge is 0.341 e. The summed E-state index contributed by atoms with van der Waals surface area (Å²) >= 11 is 0. The number of nitrogens with two attached hydrogens (primary N) is 1. The third kappa shape index (κ3) is 2.83. The summed E-state index contributed by atoms with van der Waals surface area (Å²) in [6, 6.07) is 4.11. The van der Waals surface area contributed by atoms with Crippen molar-refractivity contribution in [3.8, 4) is 0 Å². The molecule has 118 valence electrons. The first-order valence-electron chi connectivity index (χ1n) is 7.75. The van der Waals surface area contributed by atoms with Crippen LogP contribution in [0.15, 0.2) is 18.2 Å². The van der Waals surface area contributed by atoms with E-state index in [-0.39, 0.29) is 24.3 Å². The topological polar surface area (TPSA) is 64.1 Å². The normalized spacial score (nSPS) is 17.0. The van der Waals surface area contributed by atoms with Crippen LogP contribution in [-0.2, 0) is 11.3 Å². The van der Waals surface area contributed by atoms with Gasteiger partial charge in [0.15, 0.2) is 0 Å². The quantitative estimate of drug-likeness (QED) is 0.945. The molecule has 1 fully saturated rings. The van der Waals surface area contributed by atoms with E-state index in [9.17, 15) is 9.18 Å². The molecule has 1 amide bonds. The van der Waals surface area contributed by atoms with Crippen LogP contribution in [0.5, 0.6) is 0 Å². The minimum Gasteiger partial charge on any atom is -0.341 e. The van der Waals surface area contributed by atoms with Gasteiger partial charge in [0, 0.05) is 19.2 Å². The van der Waals surface area contributed by atoms with Crippen LogP contribution in [-0.4, -0.2) is 33.4 Å². The Balaban J connectivity index is 1.94. The van der Waals surface area contributed by atoms with Gasteiger partial charge in [0.25, 0.3) is 0 Å². The molecular weight excluding hydrogens is 283 g/mol. The zero-order valence-corrected chi connectivity index (χ0v) is 12.8. The molecule has 6 heteroatoms. The molecule has 1 saturated heterocycles. The maximum atomic E-state index is 13.4. The molecule has 1 aliphatic rings. The third-order valence-electron chi connectivity index (χ3n) is 4.15. The first-order chi connectivity index (χ1) is 10.6. The molecule has 0 bridgehead atoms. The summed E-state index contributed by atoms with van der Waals surface area (Å²) < 4.78 is 15.2. The fraction of sp³-hybridized carbons (Fsp3) is 0.500. The van der Waals surface area contributed by atoms with Gasteiger partial charge in [-0.2, -0.15) is 0 Å². The zero-order valence-electron chi connectivity index (χ0n) is 12.8. The summed E-state index contributed by atoms with van der Waals surface area (Å²) in [6.07, 6.45) is 3.30. The van der Waals surface area contributed by atoms with Crippen molar-refractivity contribution in [2.24, 2.45) is 5.73 Å². The molecule has 0 aliphatic carbocycles. The number of benzene rings is 1. The number of likely N-dealkylation sites (tertiary alicyclic amines) is 1. The van der Waals surface area contributed by atoms with Gasteiger partial charge < -0.3 is 15.2 Å². The maximum Gasteiger partial charge on any atom is 0.242 e. The van der Waals surface area contributed by atoms with E-state index < -0.39 is 0 Å². The van der Waals surface area contributed by atoms with E-state index in [1.807, 2.05) is 16.4 Å². The van der Waals surface area contributed by atoms with Crippen molar-refractivity contribution < 1.29 is 9.18 Å². The van der Waals surface area contributed by atoms with Crippen LogP contribution in [0.2, 0.25) is 0 Å². The molecule has 0 saturated carbocycles. The molecule has 22 heavy (non-hydrogen) atoms. The van der Waals surface area contributed by atoms with Gasteiger partial charge in [0.2, 0.25) is 5.91 Å². The van der Waals surface area contributed by atoms with E-state index in [1.54, 1.807) is 6.07 Å². The molecule has 3 rings (SSSR count). The second-order valence-electron chi connectivity index (χ2n) is 5.92. The zero-order chi connectivity index (χ0) is 15.7. The van der Waals surface area contributed by atoms with Crippen molar-refractivity contribution in [2.45, 2.75) is 38.8 Å². The minimum atomic E-state index is -0.337. The summed E-state index contributed by atoms with van der Waals surface area (Å²) in [5.41, 5.74) is 7.26. The van der Waals surface area contributed by atoms with Crippen LogP contribution in [0, 0.1) is 5.82 Å². The number of hydrogen-bond donors (Lipinski definition) is 1. The summed E-state index contributed by atoms with van der Waals surface area (Å²) in [6.45, 7) is 3.65. The highest BCUT2D eigenvalue weighted by Gasteiger charge is 2.21. The first-order valence-corrected chi connectivity index (χ1v) is 7.75. The Morgan fingerprint density at radius 1 is 1.36 bits per heavy atom. The number of aromatic nitrogens is 2. The SMILES string of the molecule is CC(N)c1nc2cc(F)ccc2n1CC(=O)N1CCCCC1. The van der Waals surface area contributed by atoms with Gasteiger partial charge >= 0.3 is 0 Å². The first kappa shape index (κ1) is 15.0. The maximum absolute atomic E-state index is 13.4. The molecule has 1 aromatic carbocycles. The molecule has 1 aliphatic heterocycles. The number of imidazole rings is 1. The monoisotopic (exact) mass is 304 g/mol. The summed E-state index contributed by atoms with van der Waals surface area (Å²) in [4.78, 5) is 18.8. The molecule has 2 aromatic rings. The Labute approximate surface area is 128 Å². The van der Waals surface area contributed by atoms with Gasteiger partial charge in [0.1, 0.15) is 18.2 Å². The lowest BCUT2D eigenvalue weighted by Crippen LogP contribution is -2.38. The van der Waals surface area contributed by atoms with Gasteiger partial charge in [0.05, 0.1) is 17.1 Å². The van der Waals surface area contributed by atoms with Crippen molar-refractivity contribution in [1.82, 2.24) is 14.5 Å². The number of rotatable bonds is 3. The van der Waals surface area contributed by atoms with E-state index in [1.165, 1.54) is 18.6 Å². The number of hydrogen-bond acceptors (Lipinski definition) is 3. The van der Waals surface area contributed by atoms with Crippen LogP contribution >= 0.6 is 0 Å². The van der Waals surface area contributed by atoms with Crippen molar-refractivity contribution in [1.29, 1.82) is 0 Å². The Bertz CT molecular complexity index is 689. The van der Waals surface area contributed by atoms with E-state index in [4.69, 9.17) is 5.73 Å². The van der Waals surface area contributed by atoms with Gasteiger partial charge in [-0.25, -0.2) is 9.37 Å². The Morgan fingerprint density at radius 2 is 2.09 bits per heavy atom. The van der Waals surface area contributed by atoms with Gasteiger partial charge in [-0.3, -0.25) is 4.79 Å². The van der Waals surface area contributed by atoms with E-state index in [2.05, 4.69) is 4.98 Å². The highest BCUT2D eigenvalue weighted by Crippen LogP contribution is 2.21. The lowest BCUT2D eigenvalue weighted by Gasteiger charge is -2.27. The second-order valence-corrected chi connectivity index (χ2v) is 5.92. The minimum absolute atomic E-state index is 0.0743. The standard InChI is InChI=1S/C16H21FN4O/c1-11(18)16-19-13-9-12(17)5-6-14(13)21(16)10-15(22)20-7-3-2-4-8-20/h5-6,9,11H,2-4,7-8,10,18H2,1H3. The van der Waals surface area contributed by atoms with Crippen molar-refractivity contribution in [3.05, 3.63) is 29.8 Å². The summed E-state index contributed by atoms with van der Waals surface area (Å²) in [5.74, 6) is 0.354. The Kier molecular flexibility index (Phi) is 4.11. The molecule has 0 spiro atoms. The van der Waals surface area contributed by atoms with Gasteiger partial charge in [-0.05, 0) is 38.3 Å². The molecule has 2 N–H and O–H groups in total. The van der Waals surface area contributed by atoms with Crippen LogP contribution in [0.3, 0.4) is 0 Å². The number of carbonyl (C=O) groups is 1. The van der Waals surface area contributed by atoms with E-state index in [0.29, 0.717) is 11.3 Å². The van der Waals surface area contributed by atoms with E-state index >= 15 is 0 Å². The molecule has 1 atom stereocenters. The van der Waals surface area contributed by atoms with Gasteiger partial charge in [-0.15, -0.1) is 0 Å². The predicted molar refractivity (Wildman–Crippen MR) is 82.7 cm³/mol. The van der Waals surface area contributed by atoms with Crippen molar-refractivity contribution >= 4 is 16.9 Å². The van der Waals surface area contributed by atoms with Crippen LogP contribution < -0.4 is 5.73 Å². The second kappa shape index (κ2) is 6.04. The average Bonchev–Trinajstić information content (AvgIpc) is 2.86. The van der Waals surface area contributed by atoms with Gasteiger partial charge in [-0.1, -0.05) is 0 Å². The Hall–Kier alpha value is -1.95. The summed E-state index contributed by atoms with van der Waals surface area (Å²) in [5, 5.41) is 0.